The Morgan fingerprint density at radius 1 is 0.857 bits per heavy atom. The second-order valence-electron chi connectivity index (χ2n) is 8.49. The van der Waals surface area contributed by atoms with Crippen LogP contribution in [0.25, 0.3) is 5.69 Å². The minimum absolute atomic E-state index is 0.00942. The van der Waals surface area contributed by atoms with E-state index in [9.17, 15) is 17.2 Å². The Kier molecular flexibility index (Phi) is 6.99. The van der Waals surface area contributed by atoms with Gasteiger partial charge in [0.2, 0.25) is 15.0 Å². The van der Waals surface area contributed by atoms with E-state index >= 15 is 0 Å². The highest BCUT2D eigenvalue weighted by Gasteiger charge is 2.33. The third-order valence-corrected chi connectivity index (χ3v) is 8.36. The highest BCUT2D eigenvalue weighted by molar-refractivity contribution is 7.90. The van der Waals surface area contributed by atoms with Gasteiger partial charge in [-0.25, -0.2) is 22.2 Å². The molecule has 0 aliphatic rings. The third kappa shape index (κ3) is 5.09. The monoisotopic (exact) mass is 554 g/mol. The molecule has 4 rings (SSSR count). The number of halogens is 5. The molecule has 0 amide bonds. The molecule has 0 unspecified atom stereocenters. The highest BCUT2D eigenvalue weighted by Crippen LogP contribution is 2.38. The predicted molar refractivity (Wildman–Crippen MR) is 134 cm³/mol. The largest absolute Gasteiger partial charge is 0.287 e. The van der Waals surface area contributed by atoms with E-state index in [2.05, 4.69) is 4.98 Å². The van der Waals surface area contributed by atoms with Crippen LogP contribution in [0, 0.1) is 11.6 Å². The van der Waals surface area contributed by atoms with Gasteiger partial charge in [-0.3, -0.25) is 4.57 Å². The van der Waals surface area contributed by atoms with Crippen LogP contribution in [-0.4, -0.2) is 18.0 Å². The van der Waals surface area contributed by atoms with Crippen LogP contribution in [-0.2, 0) is 21.0 Å². The lowest BCUT2D eigenvalue weighted by molar-refractivity contribution is 0.567. The predicted octanol–water partition coefficient (Wildman–Crippen LogP) is 7.41. The average Bonchev–Trinajstić information content (AvgIpc) is 3.25. The smallest absolute Gasteiger partial charge is 0.232 e. The van der Waals surface area contributed by atoms with E-state index in [-0.39, 0.29) is 15.7 Å². The van der Waals surface area contributed by atoms with Crippen molar-refractivity contribution in [2.45, 2.75) is 30.2 Å². The minimum Gasteiger partial charge on any atom is -0.287 e. The van der Waals surface area contributed by atoms with Crippen molar-refractivity contribution in [2.75, 3.05) is 0 Å². The van der Waals surface area contributed by atoms with Gasteiger partial charge in [0, 0.05) is 16.1 Å². The fourth-order valence-electron chi connectivity index (χ4n) is 3.78. The Morgan fingerprint density at radius 2 is 1.51 bits per heavy atom. The normalized spacial score (nSPS) is 12.2. The molecule has 0 saturated carbocycles. The standard InChI is InChI=1S/C25H19Cl3F2N2O2S/c1-25(2,16-4-10-20(26)22(28)11-16)23-13-31-24(32(23)19-8-6-17(29)7-9-19)35(33,34)14-15-3-5-18(30)12-21(15)27/h3-13H,14H2,1-2H3. The molecular formula is C25H19Cl3F2N2O2S. The van der Waals surface area contributed by atoms with Gasteiger partial charge in [0.1, 0.15) is 11.6 Å². The van der Waals surface area contributed by atoms with Crippen LogP contribution in [0.5, 0.6) is 0 Å². The van der Waals surface area contributed by atoms with E-state index in [0.29, 0.717) is 21.4 Å². The molecule has 4 aromatic rings. The maximum absolute atomic E-state index is 13.7. The molecule has 0 radical (unpaired) electrons. The number of hydrogen-bond acceptors (Lipinski definition) is 3. The summed E-state index contributed by atoms with van der Waals surface area (Å²) < 4.78 is 55.7. The maximum Gasteiger partial charge on any atom is 0.232 e. The number of benzene rings is 3. The van der Waals surface area contributed by atoms with Crippen molar-refractivity contribution in [3.63, 3.8) is 0 Å². The van der Waals surface area contributed by atoms with E-state index in [4.69, 9.17) is 34.8 Å². The lowest BCUT2D eigenvalue weighted by Crippen LogP contribution is -2.24. The number of hydrogen-bond donors (Lipinski definition) is 0. The first-order chi connectivity index (χ1) is 16.4. The van der Waals surface area contributed by atoms with Gasteiger partial charge in [0.15, 0.2) is 0 Å². The summed E-state index contributed by atoms with van der Waals surface area (Å²) in [6.07, 6.45) is 1.46. The molecule has 0 N–H and O–H groups in total. The first kappa shape index (κ1) is 25.6. The number of aromatic nitrogens is 2. The zero-order chi connectivity index (χ0) is 25.5. The summed E-state index contributed by atoms with van der Waals surface area (Å²) in [5.74, 6) is -1.55. The number of rotatable bonds is 6. The summed E-state index contributed by atoms with van der Waals surface area (Å²) in [5, 5.41) is 0.471. The topological polar surface area (TPSA) is 52.0 Å². The van der Waals surface area contributed by atoms with E-state index in [0.717, 1.165) is 17.7 Å². The molecule has 3 aromatic carbocycles. The van der Waals surface area contributed by atoms with Crippen molar-refractivity contribution in [3.8, 4) is 5.69 Å². The Hall–Kier alpha value is -2.45. The van der Waals surface area contributed by atoms with Crippen LogP contribution in [0.4, 0.5) is 8.78 Å². The molecular weight excluding hydrogens is 537 g/mol. The van der Waals surface area contributed by atoms with Gasteiger partial charge < -0.3 is 0 Å². The van der Waals surface area contributed by atoms with Gasteiger partial charge in [0.05, 0.1) is 27.7 Å². The highest BCUT2D eigenvalue weighted by atomic mass is 35.5. The van der Waals surface area contributed by atoms with Crippen LogP contribution in [0.1, 0.15) is 30.7 Å². The summed E-state index contributed by atoms with van der Waals surface area (Å²) in [7, 11) is -4.07. The van der Waals surface area contributed by atoms with Crippen molar-refractivity contribution in [1.82, 2.24) is 9.55 Å². The van der Waals surface area contributed by atoms with Gasteiger partial charge in [-0.2, -0.15) is 0 Å². The molecule has 0 atom stereocenters. The first-order valence-electron chi connectivity index (χ1n) is 10.4. The van der Waals surface area contributed by atoms with Crippen molar-refractivity contribution < 1.29 is 17.2 Å². The summed E-state index contributed by atoms with van der Waals surface area (Å²) in [6.45, 7) is 3.77. The fraction of sp³-hybridized carbons (Fsp3) is 0.160. The summed E-state index contributed by atoms with van der Waals surface area (Å²) in [4.78, 5) is 4.27. The Bertz CT molecular complexity index is 1520. The SMILES string of the molecule is CC(C)(c1ccc(Cl)c(Cl)c1)c1cnc(S(=O)(=O)Cc2ccc(F)cc2Cl)n1-c1ccc(F)cc1. The number of nitrogens with zero attached hydrogens (tertiary/aromatic N) is 2. The van der Waals surface area contributed by atoms with Gasteiger partial charge >= 0.3 is 0 Å². The van der Waals surface area contributed by atoms with Crippen molar-refractivity contribution >= 4 is 44.6 Å². The van der Waals surface area contributed by atoms with Crippen molar-refractivity contribution in [3.05, 3.63) is 110 Å². The Morgan fingerprint density at radius 3 is 2.14 bits per heavy atom. The average molecular weight is 556 g/mol. The van der Waals surface area contributed by atoms with Crippen molar-refractivity contribution in [2.24, 2.45) is 0 Å². The zero-order valence-corrected chi connectivity index (χ0v) is 21.7. The molecule has 4 nitrogen and oxygen atoms in total. The lowest BCUT2D eigenvalue weighted by Gasteiger charge is -2.28. The van der Waals surface area contributed by atoms with E-state index < -0.39 is 32.6 Å². The molecule has 0 saturated heterocycles. The van der Waals surface area contributed by atoms with Crippen LogP contribution in [0.2, 0.25) is 15.1 Å². The second kappa shape index (κ2) is 9.54. The minimum atomic E-state index is -4.07. The Labute approximate surface area is 217 Å². The molecule has 35 heavy (non-hydrogen) atoms. The molecule has 10 heteroatoms. The molecule has 0 fully saturated rings. The van der Waals surface area contributed by atoms with E-state index in [1.165, 1.54) is 41.1 Å². The summed E-state index contributed by atoms with van der Waals surface area (Å²) in [5.41, 5.74) is 1.13. The quantitative estimate of drug-likeness (QED) is 0.249. The van der Waals surface area contributed by atoms with Gasteiger partial charge in [-0.1, -0.05) is 60.8 Å². The third-order valence-electron chi connectivity index (χ3n) is 5.73. The molecule has 0 aliphatic carbocycles. The van der Waals surface area contributed by atoms with Gasteiger partial charge in [-0.15, -0.1) is 0 Å². The molecule has 1 aromatic heterocycles. The molecule has 0 spiro atoms. The van der Waals surface area contributed by atoms with Crippen LogP contribution in [0.15, 0.2) is 72.0 Å². The Balaban J connectivity index is 1.90. The second-order valence-corrected chi connectivity index (χ2v) is 11.6. The summed E-state index contributed by atoms with van der Waals surface area (Å²) >= 11 is 18.4. The number of imidazole rings is 1. The van der Waals surface area contributed by atoms with Gasteiger partial charge in [-0.05, 0) is 59.7 Å². The summed E-state index contributed by atoms with van der Waals surface area (Å²) in [6, 6.07) is 14.1. The lowest BCUT2D eigenvalue weighted by atomic mass is 9.81. The van der Waals surface area contributed by atoms with Gasteiger partial charge in [0.25, 0.3) is 0 Å². The fourth-order valence-corrected chi connectivity index (χ4v) is 5.87. The van der Waals surface area contributed by atoms with E-state index in [1.54, 1.807) is 18.2 Å². The molecule has 1 heterocycles. The number of sulfone groups is 1. The van der Waals surface area contributed by atoms with Crippen LogP contribution < -0.4 is 0 Å². The molecule has 0 bridgehead atoms. The van der Waals surface area contributed by atoms with E-state index in [1.807, 2.05) is 13.8 Å². The first-order valence-corrected chi connectivity index (χ1v) is 13.1. The van der Waals surface area contributed by atoms with Crippen molar-refractivity contribution in [1.29, 1.82) is 0 Å². The maximum atomic E-state index is 13.7. The molecule has 0 aliphatic heterocycles. The molecule has 182 valence electrons. The zero-order valence-electron chi connectivity index (χ0n) is 18.6. The van der Waals surface area contributed by atoms with Crippen LogP contribution in [0.3, 0.4) is 0 Å². The van der Waals surface area contributed by atoms with Crippen LogP contribution >= 0.6 is 34.8 Å².